The van der Waals surface area contributed by atoms with E-state index in [9.17, 15) is 9.18 Å². The molecule has 1 heterocycles. The number of carbonyl (C=O) groups is 1. The van der Waals surface area contributed by atoms with E-state index < -0.39 is 5.82 Å². The first kappa shape index (κ1) is 14.8. The molecular formula is C15H16ClFN2O. The predicted octanol–water partition coefficient (Wildman–Crippen LogP) is 3.55. The summed E-state index contributed by atoms with van der Waals surface area (Å²) in [7, 11) is 0. The third-order valence-electron chi connectivity index (χ3n) is 3.76. The molecule has 1 saturated heterocycles. The number of likely N-dealkylation sites (tertiary alicyclic amines) is 1. The van der Waals surface area contributed by atoms with E-state index in [4.69, 9.17) is 16.9 Å². The minimum absolute atomic E-state index is 0.216. The standard InChI is InChI=1S/C15H16ClFN2O/c1-10-8-13(16)12(9-14(10)17)15(20)19-6-3-11(2-5-18)4-7-19/h8-9,11H,2-4,6-7H2,1H3. The molecule has 0 radical (unpaired) electrons. The van der Waals surface area contributed by atoms with Gasteiger partial charge in [0.1, 0.15) is 5.82 Å². The molecule has 0 aromatic heterocycles. The molecule has 3 nitrogen and oxygen atoms in total. The number of carbonyl (C=O) groups excluding carboxylic acids is 1. The van der Waals surface area contributed by atoms with Gasteiger partial charge in [-0.3, -0.25) is 4.79 Å². The number of rotatable bonds is 2. The summed E-state index contributed by atoms with van der Waals surface area (Å²) in [4.78, 5) is 14.0. The monoisotopic (exact) mass is 294 g/mol. The number of amides is 1. The average Bonchev–Trinajstić information content (AvgIpc) is 2.43. The highest BCUT2D eigenvalue weighted by Gasteiger charge is 2.25. The average molecular weight is 295 g/mol. The van der Waals surface area contributed by atoms with Crippen molar-refractivity contribution in [3.8, 4) is 6.07 Å². The molecule has 1 fully saturated rings. The van der Waals surface area contributed by atoms with Crippen LogP contribution in [-0.4, -0.2) is 23.9 Å². The Morgan fingerprint density at radius 2 is 2.15 bits per heavy atom. The van der Waals surface area contributed by atoms with Crippen LogP contribution in [0.1, 0.15) is 35.2 Å². The van der Waals surface area contributed by atoms with Crippen molar-refractivity contribution in [2.75, 3.05) is 13.1 Å². The Balaban J connectivity index is 2.10. The predicted molar refractivity (Wildman–Crippen MR) is 75.0 cm³/mol. The molecule has 1 aliphatic heterocycles. The van der Waals surface area contributed by atoms with Gasteiger partial charge in [0.2, 0.25) is 0 Å². The number of benzene rings is 1. The fourth-order valence-corrected chi connectivity index (χ4v) is 2.75. The smallest absolute Gasteiger partial charge is 0.255 e. The van der Waals surface area contributed by atoms with Crippen LogP contribution in [0.15, 0.2) is 12.1 Å². The second kappa shape index (κ2) is 6.23. The zero-order chi connectivity index (χ0) is 14.7. The number of hydrogen-bond donors (Lipinski definition) is 0. The third-order valence-corrected chi connectivity index (χ3v) is 4.07. The summed E-state index contributed by atoms with van der Waals surface area (Å²) >= 11 is 6.04. The van der Waals surface area contributed by atoms with Crippen molar-refractivity contribution in [2.45, 2.75) is 26.2 Å². The van der Waals surface area contributed by atoms with Gasteiger partial charge in [0.25, 0.3) is 5.91 Å². The molecule has 0 saturated carbocycles. The third kappa shape index (κ3) is 3.10. The lowest BCUT2D eigenvalue weighted by molar-refractivity contribution is 0.0692. The summed E-state index contributed by atoms with van der Waals surface area (Å²) in [5, 5.41) is 8.96. The fraction of sp³-hybridized carbons (Fsp3) is 0.467. The van der Waals surface area contributed by atoms with E-state index in [1.54, 1.807) is 11.8 Å². The molecule has 0 unspecified atom stereocenters. The molecule has 1 aromatic rings. The summed E-state index contributed by atoms with van der Waals surface area (Å²) in [5.41, 5.74) is 0.646. The Morgan fingerprint density at radius 1 is 1.50 bits per heavy atom. The summed E-state index contributed by atoms with van der Waals surface area (Å²) in [6.45, 7) is 2.80. The Labute approximate surface area is 122 Å². The van der Waals surface area contributed by atoms with Crippen molar-refractivity contribution < 1.29 is 9.18 Å². The molecule has 106 valence electrons. The zero-order valence-corrected chi connectivity index (χ0v) is 12.1. The van der Waals surface area contributed by atoms with E-state index in [1.807, 2.05) is 0 Å². The normalized spacial score (nSPS) is 16.0. The number of aryl methyl sites for hydroxylation is 1. The molecule has 0 N–H and O–H groups in total. The van der Waals surface area contributed by atoms with Crippen LogP contribution in [-0.2, 0) is 0 Å². The van der Waals surface area contributed by atoms with Gasteiger partial charge < -0.3 is 4.90 Å². The molecule has 1 aliphatic rings. The Hall–Kier alpha value is -1.60. The van der Waals surface area contributed by atoms with Gasteiger partial charge in [-0.25, -0.2) is 4.39 Å². The molecular weight excluding hydrogens is 279 g/mol. The van der Waals surface area contributed by atoms with Crippen LogP contribution in [0.4, 0.5) is 4.39 Å². The Kier molecular flexibility index (Phi) is 4.61. The second-order valence-electron chi connectivity index (χ2n) is 5.18. The van der Waals surface area contributed by atoms with Gasteiger partial charge in [-0.1, -0.05) is 11.6 Å². The highest BCUT2D eigenvalue weighted by Crippen LogP contribution is 2.25. The van der Waals surface area contributed by atoms with Crippen molar-refractivity contribution in [3.63, 3.8) is 0 Å². The molecule has 20 heavy (non-hydrogen) atoms. The van der Waals surface area contributed by atoms with Crippen molar-refractivity contribution in [1.82, 2.24) is 4.90 Å². The van der Waals surface area contributed by atoms with E-state index in [1.165, 1.54) is 12.1 Å². The number of halogens is 2. The van der Waals surface area contributed by atoms with Crippen LogP contribution >= 0.6 is 11.6 Å². The molecule has 5 heteroatoms. The summed E-state index contributed by atoms with van der Waals surface area (Å²) in [6.07, 6.45) is 2.15. The topological polar surface area (TPSA) is 44.1 Å². The van der Waals surface area contributed by atoms with Gasteiger partial charge in [0.05, 0.1) is 16.7 Å². The highest BCUT2D eigenvalue weighted by atomic mass is 35.5. The molecule has 0 bridgehead atoms. The molecule has 0 atom stereocenters. The minimum atomic E-state index is -0.419. The molecule has 0 aliphatic carbocycles. The lowest BCUT2D eigenvalue weighted by Gasteiger charge is -2.31. The second-order valence-corrected chi connectivity index (χ2v) is 5.59. The first-order valence-electron chi connectivity index (χ1n) is 6.64. The van der Waals surface area contributed by atoms with Gasteiger partial charge in [-0.2, -0.15) is 5.26 Å². The van der Waals surface area contributed by atoms with Gasteiger partial charge >= 0.3 is 0 Å². The van der Waals surface area contributed by atoms with Gasteiger partial charge in [0.15, 0.2) is 0 Å². The van der Waals surface area contributed by atoms with Gasteiger partial charge in [0, 0.05) is 19.5 Å². The van der Waals surface area contributed by atoms with Gasteiger partial charge in [-0.15, -0.1) is 0 Å². The first-order chi connectivity index (χ1) is 9.52. The molecule has 1 aromatic carbocycles. The largest absolute Gasteiger partial charge is 0.339 e. The number of piperidine rings is 1. The Bertz CT molecular complexity index is 560. The van der Waals surface area contributed by atoms with Crippen molar-refractivity contribution in [2.24, 2.45) is 5.92 Å². The van der Waals surface area contributed by atoms with Crippen molar-refractivity contribution in [3.05, 3.63) is 34.1 Å². The molecule has 2 rings (SSSR count). The first-order valence-corrected chi connectivity index (χ1v) is 7.02. The quantitative estimate of drug-likeness (QED) is 0.837. The number of hydrogen-bond acceptors (Lipinski definition) is 2. The molecule has 0 spiro atoms. The van der Waals surface area contributed by atoms with E-state index in [0.717, 1.165) is 12.8 Å². The maximum atomic E-state index is 13.6. The van der Waals surface area contributed by atoms with Crippen molar-refractivity contribution >= 4 is 17.5 Å². The van der Waals surface area contributed by atoms with Crippen LogP contribution in [0.5, 0.6) is 0 Å². The number of nitriles is 1. The zero-order valence-electron chi connectivity index (χ0n) is 11.3. The van der Waals surface area contributed by atoms with Gasteiger partial charge in [-0.05, 0) is 43.4 Å². The van der Waals surface area contributed by atoms with Crippen LogP contribution < -0.4 is 0 Å². The van der Waals surface area contributed by atoms with E-state index in [-0.39, 0.29) is 16.5 Å². The van der Waals surface area contributed by atoms with E-state index >= 15 is 0 Å². The van der Waals surface area contributed by atoms with Crippen LogP contribution in [0, 0.1) is 30.0 Å². The SMILES string of the molecule is Cc1cc(Cl)c(C(=O)N2CCC(CC#N)CC2)cc1F. The maximum absolute atomic E-state index is 13.6. The van der Waals surface area contributed by atoms with Crippen LogP contribution in [0.25, 0.3) is 0 Å². The Morgan fingerprint density at radius 3 is 2.75 bits per heavy atom. The van der Waals surface area contributed by atoms with Crippen molar-refractivity contribution in [1.29, 1.82) is 5.26 Å². The lowest BCUT2D eigenvalue weighted by atomic mass is 9.94. The summed E-state index contributed by atoms with van der Waals surface area (Å²) in [5.74, 6) is -0.296. The number of nitrogens with zero attached hydrogens (tertiary/aromatic N) is 2. The summed E-state index contributed by atoms with van der Waals surface area (Å²) < 4.78 is 13.6. The van der Waals surface area contributed by atoms with Crippen LogP contribution in [0.3, 0.4) is 0 Å². The van der Waals surface area contributed by atoms with E-state index in [2.05, 4.69) is 6.07 Å². The highest BCUT2D eigenvalue weighted by molar-refractivity contribution is 6.33. The minimum Gasteiger partial charge on any atom is -0.339 e. The van der Waals surface area contributed by atoms with E-state index in [0.29, 0.717) is 31.0 Å². The summed E-state index contributed by atoms with van der Waals surface area (Å²) in [6, 6.07) is 4.85. The maximum Gasteiger partial charge on any atom is 0.255 e. The lowest BCUT2D eigenvalue weighted by Crippen LogP contribution is -2.38. The van der Waals surface area contributed by atoms with Crippen LogP contribution in [0.2, 0.25) is 5.02 Å². The fourth-order valence-electron chi connectivity index (χ4n) is 2.45. The molecule has 1 amide bonds.